The fraction of sp³-hybridized carbons (Fsp3) is 0.300. The third kappa shape index (κ3) is 7.05. The first-order valence-corrected chi connectivity index (χ1v) is 15.2. The van der Waals surface area contributed by atoms with E-state index < -0.39 is 27.7 Å². The van der Waals surface area contributed by atoms with E-state index in [9.17, 15) is 26.4 Å². The van der Waals surface area contributed by atoms with Gasteiger partial charge < -0.3 is 15.5 Å². The smallest absolute Gasteiger partial charge is 0.369 e. The molecule has 1 fully saturated rings. The molecule has 2 aliphatic rings. The van der Waals surface area contributed by atoms with Crippen molar-refractivity contribution in [2.24, 2.45) is 5.92 Å². The van der Waals surface area contributed by atoms with Gasteiger partial charge in [0, 0.05) is 67.5 Å². The van der Waals surface area contributed by atoms with E-state index in [0.29, 0.717) is 30.4 Å². The van der Waals surface area contributed by atoms with E-state index in [1.165, 1.54) is 24.2 Å². The molecule has 2 N–H and O–H groups in total. The van der Waals surface area contributed by atoms with Crippen molar-refractivity contribution < 1.29 is 26.4 Å². The summed E-state index contributed by atoms with van der Waals surface area (Å²) in [6.45, 7) is 4.02. The molecule has 1 amide bonds. The molecule has 2 aromatic carbocycles. The lowest BCUT2D eigenvalue weighted by Gasteiger charge is -2.36. The van der Waals surface area contributed by atoms with Crippen LogP contribution in [0.1, 0.15) is 20.3 Å². The maximum absolute atomic E-state index is 13.4. The number of aromatic nitrogens is 2. The Morgan fingerprint density at radius 3 is 2.23 bits per heavy atom. The van der Waals surface area contributed by atoms with E-state index in [-0.39, 0.29) is 30.3 Å². The van der Waals surface area contributed by atoms with Gasteiger partial charge in [0.2, 0.25) is 21.9 Å². The lowest BCUT2D eigenvalue weighted by molar-refractivity contribution is -0.114. The maximum atomic E-state index is 13.4. The Hall–Kier alpha value is -4.23. The van der Waals surface area contributed by atoms with Gasteiger partial charge in [-0.2, -0.15) is 17.5 Å². The monoisotopic (exact) mass is 612 g/mol. The SMILES string of the molecule is CC(=O)Nc1ccc(-c2ccnc(Nc3ccc(N4CCN(S(=O)(=O)C5=CCC(C)C(C(F)(F)F)=C5)CC4)cc3)n2)cc1. The topological polar surface area (TPSA) is 108 Å². The van der Waals surface area contributed by atoms with Crippen LogP contribution in [0.4, 0.5) is 36.2 Å². The summed E-state index contributed by atoms with van der Waals surface area (Å²) in [5, 5.41) is 5.92. The van der Waals surface area contributed by atoms with Gasteiger partial charge in [-0.05, 0) is 60.9 Å². The highest BCUT2D eigenvalue weighted by Crippen LogP contribution is 2.38. The highest BCUT2D eigenvalue weighted by Gasteiger charge is 2.40. The normalized spacial score (nSPS) is 18.1. The molecule has 43 heavy (non-hydrogen) atoms. The summed E-state index contributed by atoms with van der Waals surface area (Å²) in [5.41, 5.74) is 3.10. The summed E-state index contributed by atoms with van der Waals surface area (Å²) in [6, 6.07) is 16.7. The first-order valence-electron chi connectivity index (χ1n) is 13.7. The van der Waals surface area contributed by atoms with Gasteiger partial charge in [0.25, 0.3) is 0 Å². The van der Waals surface area contributed by atoms with Crippen molar-refractivity contribution in [2.75, 3.05) is 41.7 Å². The number of hydrogen-bond acceptors (Lipinski definition) is 7. The molecule has 0 radical (unpaired) electrons. The second-order valence-electron chi connectivity index (χ2n) is 10.4. The Morgan fingerprint density at radius 2 is 1.60 bits per heavy atom. The predicted octanol–water partition coefficient (Wildman–Crippen LogP) is 5.71. The predicted molar refractivity (Wildman–Crippen MR) is 160 cm³/mol. The molecule has 1 aliphatic heterocycles. The van der Waals surface area contributed by atoms with Crippen molar-refractivity contribution >= 4 is 38.9 Å². The molecule has 0 saturated carbocycles. The second kappa shape index (κ2) is 12.2. The number of rotatable bonds is 7. The van der Waals surface area contributed by atoms with E-state index in [1.807, 2.05) is 41.3 Å². The fourth-order valence-corrected chi connectivity index (χ4v) is 6.57. The molecule has 0 bridgehead atoms. The Kier molecular flexibility index (Phi) is 8.56. The van der Waals surface area contributed by atoms with Gasteiger partial charge in [-0.3, -0.25) is 4.79 Å². The number of carbonyl (C=O) groups excluding carboxylic acids is 1. The van der Waals surface area contributed by atoms with Gasteiger partial charge in [0.1, 0.15) is 0 Å². The zero-order chi connectivity index (χ0) is 30.8. The number of alkyl halides is 3. The minimum atomic E-state index is -4.56. The summed E-state index contributed by atoms with van der Waals surface area (Å²) < 4.78 is 67.7. The number of benzene rings is 2. The van der Waals surface area contributed by atoms with Crippen LogP contribution in [0.15, 0.2) is 83.4 Å². The third-order valence-electron chi connectivity index (χ3n) is 7.35. The van der Waals surface area contributed by atoms with Gasteiger partial charge in [0.15, 0.2) is 0 Å². The number of anilines is 4. The number of halogens is 3. The Labute approximate surface area is 248 Å². The van der Waals surface area contributed by atoms with Gasteiger partial charge in [-0.15, -0.1) is 0 Å². The van der Waals surface area contributed by atoms with Crippen LogP contribution in [-0.2, 0) is 14.8 Å². The quantitative estimate of drug-likeness (QED) is 0.352. The first kappa shape index (κ1) is 30.2. The van der Waals surface area contributed by atoms with Gasteiger partial charge in [0.05, 0.1) is 10.6 Å². The van der Waals surface area contributed by atoms with Gasteiger partial charge in [-0.1, -0.05) is 25.1 Å². The van der Waals surface area contributed by atoms with Crippen molar-refractivity contribution in [3.63, 3.8) is 0 Å². The fourth-order valence-electron chi connectivity index (χ4n) is 5.04. The van der Waals surface area contributed by atoms with Crippen LogP contribution in [0.3, 0.4) is 0 Å². The lowest BCUT2D eigenvalue weighted by atomic mass is 9.93. The molecule has 1 aromatic heterocycles. The van der Waals surface area contributed by atoms with Gasteiger partial charge >= 0.3 is 6.18 Å². The molecule has 1 unspecified atom stereocenters. The Balaban J connectivity index is 1.19. The number of piperazine rings is 1. The van der Waals surface area contributed by atoms with Crippen molar-refractivity contribution in [3.05, 3.63) is 83.4 Å². The number of carbonyl (C=O) groups is 1. The van der Waals surface area contributed by atoms with Crippen LogP contribution in [0.2, 0.25) is 0 Å². The molecular weight excluding hydrogens is 581 g/mol. The first-order chi connectivity index (χ1) is 20.4. The molecule has 1 atom stereocenters. The molecular formula is C30H31F3N6O3S. The summed E-state index contributed by atoms with van der Waals surface area (Å²) in [6.07, 6.45) is -0.715. The molecule has 1 saturated heterocycles. The van der Waals surface area contributed by atoms with E-state index in [4.69, 9.17) is 0 Å². The van der Waals surface area contributed by atoms with Crippen LogP contribution in [0.5, 0.6) is 0 Å². The molecule has 2 heterocycles. The average molecular weight is 613 g/mol. The van der Waals surface area contributed by atoms with Crippen molar-refractivity contribution in [1.82, 2.24) is 14.3 Å². The maximum Gasteiger partial charge on any atom is 0.413 e. The van der Waals surface area contributed by atoms with E-state index in [0.717, 1.165) is 23.0 Å². The zero-order valence-corrected chi connectivity index (χ0v) is 24.4. The molecule has 13 heteroatoms. The van der Waals surface area contributed by atoms with Crippen LogP contribution in [0.25, 0.3) is 11.3 Å². The Bertz CT molecular complexity index is 1650. The summed E-state index contributed by atoms with van der Waals surface area (Å²) in [4.78, 5) is 21.9. The van der Waals surface area contributed by atoms with E-state index in [1.54, 1.807) is 24.4 Å². The average Bonchev–Trinajstić information content (AvgIpc) is 2.97. The van der Waals surface area contributed by atoms with Crippen LogP contribution in [-0.4, -0.2) is 61.0 Å². The number of nitrogens with zero attached hydrogens (tertiary/aromatic N) is 4. The number of hydrogen-bond donors (Lipinski definition) is 2. The van der Waals surface area contributed by atoms with E-state index >= 15 is 0 Å². The largest absolute Gasteiger partial charge is 0.413 e. The molecule has 226 valence electrons. The van der Waals surface area contributed by atoms with Crippen LogP contribution < -0.4 is 15.5 Å². The van der Waals surface area contributed by atoms with Crippen molar-refractivity contribution in [1.29, 1.82) is 0 Å². The van der Waals surface area contributed by atoms with Gasteiger partial charge in [-0.25, -0.2) is 18.4 Å². The van der Waals surface area contributed by atoms with Crippen LogP contribution >= 0.6 is 0 Å². The highest BCUT2D eigenvalue weighted by molar-refractivity contribution is 7.93. The molecule has 5 rings (SSSR count). The summed E-state index contributed by atoms with van der Waals surface area (Å²) in [5.74, 6) is -0.518. The minimum absolute atomic E-state index is 0.0304. The number of sulfonamides is 1. The number of allylic oxidation sites excluding steroid dienone is 3. The molecule has 1 aliphatic carbocycles. The standard InChI is InChI=1S/C30H31F3N6O3S/c1-20-3-12-26(19-27(20)30(31,32)33)43(41,42)39-17-15-38(16-18-39)25-10-8-24(9-11-25)36-29-34-14-13-28(37-29)22-4-6-23(7-5-22)35-21(2)40/h4-14,19-20H,3,15-18H2,1-2H3,(H,35,40)(H,34,36,37). The number of nitrogens with one attached hydrogen (secondary N) is 2. The summed E-state index contributed by atoms with van der Waals surface area (Å²) >= 11 is 0. The minimum Gasteiger partial charge on any atom is -0.369 e. The third-order valence-corrected chi connectivity index (χ3v) is 9.28. The van der Waals surface area contributed by atoms with Crippen molar-refractivity contribution in [2.45, 2.75) is 26.4 Å². The van der Waals surface area contributed by atoms with Crippen LogP contribution in [0, 0.1) is 5.92 Å². The number of amides is 1. The van der Waals surface area contributed by atoms with E-state index in [2.05, 4.69) is 20.6 Å². The molecule has 3 aromatic rings. The summed E-state index contributed by atoms with van der Waals surface area (Å²) in [7, 11) is -4.03. The zero-order valence-electron chi connectivity index (χ0n) is 23.6. The molecule has 0 spiro atoms. The Morgan fingerprint density at radius 1 is 0.953 bits per heavy atom. The highest BCUT2D eigenvalue weighted by atomic mass is 32.2. The van der Waals surface area contributed by atoms with Crippen molar-refractivity contribution in [3.8, 4) is 11.3 Å². The second-order valence-corrected chi connectivity index (χ2v) is 12.4. The molecule has 9 nitrogen and oxygen atoms in total. The lowest BCUT2D eigenvalue weighted by Crippen LogP contribution is -2.49.